The second kappa shape index (κ2) is 6.53. The minimum Gasteiger partial charge on any atom is -0.396 e. The van der Waals surface area contributed by atoms with Gasteiger partial charge in [0.05, 0.1) is 9.95 Å². The van der Waals surface area contributed by atoms with Crippen LogP contribution in [0.1, 0.15) is 16.8 Å². The molecule has 1 aromatic carbocycles. The van der Waals surface area contributed by atoms with E-state index in [1.165, 1.54) is 6.07 Å². The Kier molecular flexibility index (Phi) is 5.33. The number of nitrogens with one attached hydrogen (secondary N) is 1. The second-order valence-corrected chi connectivity index (χ2v) is 4.17. The highest BCUT2D eigenvalue weighted by atomic mass is 35.5. The molecule has 0 radical (unpaired) electrons. The van der Waals surface area contributed by atoms with Crippen LogP contribution >= 0.6 is 23.2 Å². The van der Waals surface area contributed by atoms with Gasteiger partial charge in [-0.2, -0.15) is 0 Å². The standard InChI is InChI=1S/C10H10Cl2N2O4/c11-7-4-6(10(16)13-2-1-3-15)5-8(9(7)12)14(17)18/h4-5,15H,1-3H2,(H,13,16). The summed E-state index contributed by atoms with van der Waals surface area (Å²) in [6, 6.07) is 2.31. The van der Waals surface area contributed by atoms with E-state index in [4.69, 9.17) is 28.3 Å². The third-order valence-electron chi connectivity index (χ3n) is 2.09. The lowest BCUT2D eigenvalue weighted by molar-refractivity contribution is -0.384. The molecule has 0 atom stereocenters. The molecule has 0 heterocycles. The lowest BCUT2D eigenvalue weighted by Gasteiger charge is -2.05. The fourth-order valence-electron chi connectivity index (χ4n) is 1.22. The zero-order chi connectivity index (χ0) is 13.7. The third kappa shape index (κ3) is 3.56. The molecule has 1 aromatic rings. The van der Waals surface area contributed by atoms with E-state index in [1.807, 2.05) is 0 Å². The summed E-state index contributed by atoms with van der Waals surface area (Å²) >= 11 is 11.4. The van der Waals surface area contributed by atoms with Gasteiger partial charge in [-0.25, -0.2) is 0 Å². The van der Waals surface area contributed by atoms with E-state index in [0.29, 0.717) is 6.42 Å². The van der Waals surface area contributed by atoms with Gasteiger partial charge in [0.2, 0.25) is 0 Å². The van der Waals surface area contributed by atoms with Gasteiger partial charge < -0.3 is 10.4 Å². The van der Waals surface area contributed by atoms with Gasteiger partial charge in [0.15, 0.2) is 0 Å². The average molecular weight is 293 g/mol. The predicted octanol–water partition coefficient (Wildman–Crippen LogP) is 2.01. The molecule has 1 rings (SSSR count). The van der Waals surface area contributed by atoms with Gasteiger partial charge >= 0.3 is 0 Å². The van der Waals surface area contributed by atoms with E-state index >= 15 is 0 Å². The van der Waals surface area contributed by atoms with E-state index in [9.17, 15) is 14.9 Å². The number of nitrogens with zero attached hydrogens (tertiary/aromatic N) is 1. The van der Waals surface area contributed by atoms with Crippen molar-refractivity contribution >= 4 is 34.8 Å². The number of hydrogen-bond acceptors (Lipinski definition) is 4. The Morgan fingerprint density at radius 2 is 2.11 bits per heavy atom. The van der Waals surface area contributed by atoms with Crippen molar-refractivity contribution in [3.05, 3.63) is 37.9 Å². The Morgan fingerprint density at radius 3 is 2.67 bits per heavy atom. The largest absolute Gasteiger partial charge is 0.396 e. The normalized spacial score (nSPS) is 10.2. The highest BCUT2D eigenvalue weighted by molar-refractivity contribution is 6.43. The molecule has 0 unspecified atom stereocenters. The maximum atomic E-state index is 11.6. The molecule has 98 valence electrons. The third-order valence-corrected chi connectivity index (χ3v) is 2.88. The summed E-state index contributed by atoms with van der Waals surface area (Å²) in [6.45, 7) is 0.213. The lowest BCUT2D eigenvalue weighted by Crippen LogP contribution is -2.25. The molecular weight excluding hydrogens is 283 g/mol. The molecule has 0 bridgehead atoms. The van der Waals surface area contributed by atoms with Crippen LogP contribution in [-0.4, -0.2) is 29.1 Å². The van der Waals surface area contributed by atoms with Gasteiger partial charge in [-0.05, 0) is 12.5 Å². The highest BCUT2D eigenvalue weighted by Gasteiger charge is 2.19. The summed E-state index contributed by atoms with van der Waals surface area (Å²) in [4.78, 5) is 21.6. The Labute approximate surface area is 113 Å². The number of nitro benzene ring substituents is 1. The number of carbonyl (C=O) groups excluding carboxylic acids is 1. The fraction of sp³-hybridized carbons (Fsp3) is 0.300. The molecule has 0 aliphatic heterocycles. The van der Waals surface area contributed by atoms with Crippen LogP contribution in [0.5, 0.6) is 0 Å². The smallest absolute Gasteiger partial charge is 0.290 e. The summed E-state index contributed by atoms with van der Waals surface area (Å²) in [5, 5.41) is 21.5. The van der Waals surface area contributed by atoms with Crippen molar-refractivity contribution in [2.24, 2.45) is 0 Å². The molecule has 18 heavy (non-hydrogen) atoms. The Morgan fingerprint density at radius 1 is 1.44 bits per heavy atom. The molecule has 6 nitrogen and oxygen atoms in total. The average Bonchev–Trinajstić information content (AvgIpc) is 2.32. The van der Waals surface area contributed by atoms with Gasteiger partial charge in [0.25, 0.3) is 11.6 Å². The van der Waals surface area contributed by atoms with Crippen molar-refractivity contribution in [2.75, 3.05) is 13.2 Å². The van der Waals surface area contributed by atoms with Gasteiger partial charge in [-0.15, -0.1) is 0 Å². The number of carbonyl (C=O) groups is 1. The number of amides is 1. The maximum Gasteiger partial charge on any atom is 0.290 e. The van der Waals surface area contributed by atoms with E-state index in [0.717, 1.165) is 6.07 Å². The van der Waals surface area contributed by atoms with Gasteiger partial charge in [0, 0.05) is 24.8 Å². The van der Waals surface area contributed by atoms with E-state index in [2.05, 4.69) is 5.32 Å². The molecule has 8 heteroatoms. The first kappa shape index (κ1) is 14.7. The van der Waals surface area contributed by atoms with Crippen LogP contribution in [0.25, 0.3) is 0 Å². The maximum absolute atomic E-state index is 11.6. The molecule has 0 spiro atoms. The summed E-state index contributed by atoms with van der Waals surface area (Å²) in [5.41, 5.74) is -0.370. The van der Waals surface area contributed by atoms with Crippen molar-refractivity contribution in [1.29, 1.82) is 0 Å². The molecule has 1 amide bonds. The van der Waals surface area contributed by atoms with Crippen molar-refractivity contribution in [3.63, 3.8) is 0 Å². The van der Waals surface area contributed by atoms with E-state index in [-0.39, 0.29) is 28.8 Å². The van der Waals surface area contributed by atoms with Crippen molar-refractivity contribution in [1.82, 2.24) is 5.32 Å². The molecule has 2 N–H and O–H groups in total. The summed E-state index contributed by atoms with van der Waals surface area (Å²) < 4.78 is 0. The molecular formula is C10H10Cl2N2O4. The van der Waals surface area contributed by atoms with Crippen LogP contribution < -0.4 is 5.32 Å². The molecule has 0 aromatic heterocycles. The van der Waals surface area contributed by atoms with Crippen molar-refractivity contribution < 1.29 is 14.8 Å². The van der Waals surface area contributed by atoms with Crippen LogP contribution in [0.3, 0.4) is 0 Å². The quantitative estimate of drug-likeness (QED) is 0.493. The summed E-state index contributed by atoms with van der Waals surface area (Å²) in [6.07, 6.45) is 0.398. The minimum atomic E-state index is -0.710. The van der Waals surface area contributed by atoms with Gasteiger partial charge in [0.1, 0.15) is 5.02 Å². The van der Waals surface area contributed by atoms with E-state index in [1.54, 1.807) is 0 Å². The molecule has 0 saturated carbocycles. The Bertz CT molecular complexity index is 479. The number of rotatable bonds is 5. The Hall–Kier alpha value is -1.37. The Balaban J connectivity index is 2.96. The monoisotopic (exact) mass is 292 g/mol. The van der Waals surface area contributed by atoms with Crippen LogP contribution in [-0.2, 0) is 0 Å². The van der Waals surface area contributed by atoms with Crippen LogP contribution in [0, 0.1) is 10.1 Å². The first-order valence-corrected chi connectivity index (χ1v) is 5.75. The second-order valence-electron chi connectivity index (χ2n) is 3.38. The minimum absolute atomic E-state index is 0.0500. The first-order valence-electron chi connectivity index (χ1n) is 5.00. The number of hydrogen-bond donors (Lipinski definition) is 2. The van der Waals surface area contributed by atoms with Gasteiger partial charge in [-0.1, -0.05) is 23.2 Å². The van der Waals surface area contributed by atoms with Crippen LogP contribution in [0.4, 0.5) is 5.69 Å². The zero-order valence-corrected chi connectivity index (χ0v) is 10.7. The zero-order valence-electron chi connectivity index (χ0n) is 9.15. The van der Waals surface area contributed by atoms with Crippen LogP contribution in [0.2, 0.25) is 10.0 Å². The number of halogens is 2. The number of benzene rings is 1. The SMILES string of the molecule is O=C(NCCCO)c1cc(Cl)c(Cl)c([N+](=O)[O-])c1. The first-order chi connectivity index (χ1) is 8.47. The summed E-state index contributed by atoms with van der Waals surface area (Å²) in [5.74, 6) is -0.509. The molecule has 0 saturated heterocycles. The van der Waals surface area contributed by atoms with E-state index < -0.39 is 16.5 Å². The van der Waals surface area contributed by atoms with Gasteiger partial charge in [-0.3, -0.25) is 14.9 Å². The molecule has 0 aliphatic rings. The topological polar surface area (TPSA) is 92.5 Å². The fourth-order valence-corrected chi connectivity index (χ4v) is 1.61. The summed E-state index contributed by atoms with van der Waals surface area (Å²) in [7, 11) is 0. The number of aliphatic hydroxyl groups is 1. The lowest BCUT2D eigenvalue weighted by atomic mass is 10.2. The van der Waals surface area contributed by atoms with Crippen molar-refractivity contribution in [2.45, 2.75) is 6.42 Å². The van der Waals surface area contributed by atoms with Crippen molar-refractivity contribution in [3.8, 4) is 0 Å². The predicted molar refractivity (Wildman–Crippen MR) is 67.2 cm³/mol. The van der Waals surface area contributed by atoms with Crippen LogP contribution in [0.15, 0.2) is 12.1 Å². The molecule has 0 fully saturated rings. The molecule has 0 aliphatic carbocycles. The highest BCUT2D eigenvalue weighted by Crippen LogP contribution is 2.32. The number of nitro groups is 1. The number of aliphatic hydroxyl groups excluding tert-OH is 1.